The van der Waals surface area contributed by atoms with Crippen molar-refractivity contribution in [3.8, 4) is 0 Å². The first-order valence-corrected chi connectivity index (χ1v) is 17.9. The minimum Gasteiger partial charge on any atom is -0.465 e. The van der Waals surface area contributed by atoms with Gasteiger partial charge in [0.1, 0.15) is 6.10 Å². The Hall–Kier alpha value is -0.993. The van der Waals surface area contributed by atoms with Crippen LogP contribution in [0.3, 0.4) is 0 Å². The predicted molar refractivity (Wildman–Crippen MR) is 168 cm³/mol. The van der Waals surface area contributed by atoms with E-state index in [1.165, 1.54) is 5.57 Å². The van der Waals surface area contributed by atoms with E-state index in [4.69, 9.17) is 23.4 Å². The molecule has 1 saturated heterocycles. The number of ether oxygens (including phenoxy) is 4. The van der Waals surface area contributed by atoms with E-state index in [0.29, 0.717) is 18.8 Å². The zero-order valence-electron chi connectivity index (χ0n) is 28.3. The zero-order chi connectivity index (χ0) is 30.9. The molecule has 1 rings (SSSR count). The van der Waals surface area contributed by atoms with Gasteiger partial charge in [-0.3, -0.25) is 4.79 Å². The minimum absolute atomic E-state index is 0.0134. The first-order chi connectivity index (χ1) is 18.4. The Kier molecular flexibility index (Phi) is 14.8. The largest absolute Gasteiger partial charge is 0.465 e. The lowest BCUT2D eigenvalue weighted by molar-refractivity contribution is -0.303. The van der Waals surface area contributed by atoms with Crippen LogP contribution in [-0.4, -0.2) is 58.7 Å². The van der Waals surface area contributed by atoms with Crippen LogP contribution in [0.5, 0.6) is 0 Å². The summed E-state index contributed by atoms with van der Waals surface area (Å²) in [5.41, 5.74) is 1.28. The first-order valence-electron chi connectivity index (χ1n) is 15.5. The van der Waals surface area contributed by atoms with Gasteiger partial charge in [0.15, 0.2) is 14.1 Å². The van der Waals surface area contributed by atoms with Crippen LogP contribution in [0.25, 0.3) is 0 Å². The predicted octanol–water partition coefficient (Wildman–Crippen LogP) is 8.32. The summed E-state index contributed by atoms with van der Waals surface area (Å²) in [5.74, 6) is -0.163. The fourth-order valence-corrected chi connectivity index (χ4v) is 9.34. The average molecular weight is 583 g/mol. The summed E-state index contributed by atoms with van der Waals surface area (Å²) in [6.07, 6.45) is 7.04. The van der Waals surface area contributed by atoms with Gasteiger partial charge in [0, 0.05) is 18.9 Å². The van der Waals surface area contributed by atoms with Crippen molar-refractivity contribution in [1.82, 2.24) is 0 Å². The summed E-state index contributed by atoms with van der Waals surface area (Å²) in [7, 11) is -0.220. The molecule has 1 aliphatic heterocycles. The highest BCUT2D eigenvalue weighted by Gasteiger charge is 2.41. The van der Waals surface area contributed by atoms with Crippen LogP contribution in [0.4, 0.5) is 0 Å². The summed E-state index contributed by atoms with van der Waals surface area (Å²) in [6.45, 7) is 28.5. The Balaban J connectivity index is 3.07. The Bertz CT molecular complexity index is 823. The van der Waals surface area contributed by atoms with E-state index < -0.39 is 19.5 Å². The molecule has 6 atom stereocenters. The van der Waals surface area contributed by atoms with E-state index in [-0.39, 0.29) is 42.0 Å². The van der Waals surface area contributed by atoms with Gasteiger partial charge in [-0.1, -0.05) is 72.3 Å². The number of hydrogen-bond acceptors (Lipinski definition) is 6. The number of methoxy groups -OCH3 is 1. The standard InChI is InChI=1S/C33H62O6Si/c1-15-40(16-2,23(3)4)39-29(26(7)21-36-31(34)32(9,10)11)25(6)20-24(5)18-17-19-28(35-14)30-27(8)22-37-33(12,13)38-30/h17-19,23,25-30H,15-16,20-22H2,1-14H3/b19-17+,24-18+/t25-,26+,27-,28-,29-,30+/m0/s1. The molecular weight excluding hydrogens is 520 g/mol. The highest BCUT2D eigenvalue weighted by Crippen LogP contribution is 2.36. The summed E-state index contributed by atoms with van der Waals surface area (Å²) in [5, 5.41) is 0. The smallest absolute Gasteiger partial charge is 0.311 e. The molecular formula is C33H62O6Si. The lowest BCUT2D eigenvalue weighted by atomic mass is 9.89. The number of hydrogen-bond donors (Lipinski definition) is 0. The van der Waals surface area contributed by atoms with Crippen molar-refractivity contribution >= 4 is 14.3 Å². The van der Waals surface area contributed by atoms with Crippen molar-refractivity contribution in [3.05, 3.63) is 23.8 Å². The molecule has 234 valence electrons. The maximum atomic E-state index is 12.5. The summed E-state index contributed by atoms with van der Waals surface area (Å²) in [6, 6.07) is 2.16. The second-order valence-electron chi connectivity index (χ2n) is 13.9. The second-order valence-corrected chi connectivity index (χ2v) is 18.8. The molecule has 0 aliphatic carbocycles. The fraction of sp³-hybridized carbons (Fsp3) is 0.848. The van der Waals surface area contributed by atoms with E-state index >= 15 is 0 Å². The number of rotatable bonds is 15. The third kappa shape index (κ3) is 11.0. The van der Waals surface area contributed by atoms with Crippen molar-refractivity contribution in [3.63, 3.8) is 0 Å². The van der Waals surface area contributed by atoms with Crippen LogP contribution in [-0.2, 0) is 28.2 Å². The minimum atomic E-state index is -1.95. The molecule has 0 unspecified atom stereocenters. The molecule has 0 aromatic carbocycles. The highest BCUT2D eigenvalue weighted by atomic mass is 28.4. The van der Waals surface area contributed by atoms with Crippen LogP contribution in [0, 0.1) is 23.2 Å². The van der Waals surface area contributed by atoms with Crippen LogP contribution >= 0.6 is 0 Å². The van der Waals surface area contributed by atoms with E-state index in [1.807, 2.05) is 34.6 Å². The Labute approximate surface area is 247 Å². The molecule has 0 saturated carbocycles. The molecule has 0 amide bonds. The van der Waals surface area contributed by atoms with Crippen molar-refractivity contribution in [2.45, 2.75) is 138 Å². The van der Waals surface area contributed by atoms with Gasteiger partial charge in [0.05, 0.1) is 30.8 Å². The Morgan fingerprint density at radius 1 is 1.10 bits per heavy atom. The summed E-state index contributed by atoms with van der Waals surface area (Å²) >= 11 is 0. The number of allylic oxidation sites excluding steroid dienone is 3. The van der Waals surface area contributed by atoms with Gasteiger partial charge in [-0.15, -0.1) is 0 Å². The fourth-order valence-electron chi connectivity index (χ4n) is 5.59. The molecule has 7 heteroatoms. The number of esters is 1. The van der Waals surface area contributed by atoms with Crippen LogP contribution in [0.1, 0.15) is 96.4 Å². The molecule has 1 heterocycles. The van der Waals surface area contributed by atoms with E-state index in [1.54, 1.807) is 7.11 Å². The third-order valence-corrected chi connectivity index (χ3v) is 13.7. The van der Waals surface area contributed by atoms with Crippen molar-refractivity contribution in [1.29, 1.82) is 0 Å². The van der Waals surface area contributed by atoms with Gasteiger partial charge in [-0.05, 0) is 71.5 Å². The maximum Gasteiger partial charge on any atom is 0.311 e. The van der Waals surface area contributed by atoms with Crippen LogP contribution in [0.15, 0.2) is 23.8 Å². The normalized spacial score (nSPS) is 23.7. The van der Waals surface area contributed by atoms with Gasteiger partial charge < -0.3 is 23.4 Å². The van der Waals surface area contributed by atoms with Gasteiger partial charge in [-0.25, -0.2) is 0 Å². The SMILES string of the molecule is CC[Si](CC)(O[C@H]([C@H](C)COC(=O)C(C)(C)C)[C@@H](C)C/C(C)=C/C=C/[C@H](OC)[C@@H]1OC(C)(C)OC[C@@H]1C)C(C)C. The van der Waals surface area contributed by atoms with Gasteiger partial charge in [-0.2, -0.15) is 0 Å². The monoisotopic (exact) mass is 582 g/mol. The van der Waals surface area contributed by atoms with Gasteiger partial charge in [0.2, 0.25) is 0 Å². The maximum absolute atomic E-state index is 12.5. The number of carbonyl (C=O) groups is 1. The molecule has 1 aliphatic rings. The van der Waals surface area contributed by atoms with Gasteiger partial charge in [0.25, 0.3) is 0 Å². The molecule has 0 bridgehead atoms. The average Bonchev–Trinajstić information content (AvgIpc) is 2.86. The lowest BCUT2D eigenvalue weighted by Gasteiger charge is -2.42. The van der Waals surface area contributed by atoms with E-state index in [0.717, 1.165) is 18.5 Å². The summed E-state index contributed by atoms with van der Waals surface area (Å²) in [4.78, 5) is 12.5. The van der Waals surface area contributed by atoms with E-state index in [2.05, 4.69) is 73.6 Å². The molecule has 0 aromatic rings. The molecule has 40 heavy (non-hydrogen) atoms. The second kappa shape index (κ2) is 16.0. The third-order valence-electron chi connectivity index (χ3n) is 8.43. The molecule has 1 fully saturated rings. The zero-order valence-corrected chi connectivity index (χ0v) is 29.3. The molecule has 6 nitrogen and oxygen atoms in total. The number of carbonyl (C=O) groups excluding carboxylic acids is 1. The molecule has 0 radical (unpaired) electrons. The molecule has 0 N–H and O–H groups in total. The lowest BCUT2D eigenvalue weighted by Crippen LogP contribution is -2.49. The Morgan fingerprint density at radius 3 is 2.20 bits per heavy atom. The van der Waals surface area contributed by atoms with Crippen LogP contribution < -0.4 is 0 Å². The summed E-state index contributed by atoms with van der Waals surface area (Å²) < 4.78 is 30.7. The molecule has 0 aromatic heterocycles. The van der Waals surface area contributed by atoms with Crippen LogP contribution in [0.2, 0.25) is 17.6 Å². The quantitative estimate of drug-likeness (QED) is 0.110. The van der Waals surface area contributed by atoms with Crippen molar-refractivity contribution in [2.24, 2.45) is 23.2 Å². The van der Waals surface area contributed by atoms with Crippen molar-refractivity contribution in [2.75, 3.05) is 20.3 Å². The van der Waals surface area contributed by atoms with E-state index in [9.17, 15) is 4.79 Å². The molecule has 0 spiro atoms. The first kappa shape index (κ1) is 37.0. The van der Waals surface area contributed by atoms with Gasteiger partial charge >= 0.3 is 5.97 Å². The van der Waals surface area contributed by atoms with Crippen molar-refractivity contribution < 1.29 is 28.2 Å². The topological polar surface area (TPSA) is 63.2 Å². The Morgan fingerprint density at radius 2 is 1.70 bits per heavy atom. The highest BCUT2D eigenvalue weighted by molar-refractivity contribution is 6.75.